The number of nitrogens with zero attached hydrogens (tertiary/aromatic N) is 3. The maximum absolute atomic E-state index is 12.5. The molecule has 2 heterocycles. The van der Waals surface area contributed by atoms with Crippen LogP contribution in [0.1, 0.15) is 53.4 Å². The highest BCUT2D eigenvalue weighted by atomic mass is 16.5. The van der Waals surface area contributed by atoms with E-state index in [9.17, 15) is 9.59 Å². The lowest BCUT2D eigenvalue weighted by atomic mass is 9.79. The summed E-state index contributed by atoms with van der Waals surface area (Å²) in [7, 11) is 2.03. The minimum absolute atomic E-state index is 0.0968. The summed E-state index contributed by atoms with van der Waals surface area (Å²) in [5, 5.41) is 0. The number of carbonyl (C=O) groups excluding carboxylic acids is 2. The van der Waals surface area contributed by atoms with Crippen molar-refractivity contribution < 1.29 is 14.3 Å². The lowest BCUT2D eigenvalue weighted by Gasteiger charge is -2.40. The Hall–Kier alpha value is -1.14. The van der Waals surface area contributed by atoms with Crippen molar-refractivity contribution in [3.63, 3.8) is 0 Å². The largest absolute Gasteiger partial charge is 0.369 e. The Bertz CT molecular complexity index is 493. The number of amides is 2. The molecule has 0 bridgehead atoms. The van der Waals surface area contributed by atoms with Crippen LogP contribution in [0.5, 0.6) is 0 Å². The van der Waals surface area contributed by atoms with Crippen molar-refractivity contribution in [1.82, 2.24) is 14.7 Å². The van der Waals surface area contributed by atoms with E-state index in [0.717, 1.165) is 58.4 Å². The molecule has 0 unspecified atom stereocenters. The van der Waals surface area contributed by atoms with Crippen LogP contribution in [0, 0.1) is 17.8 Å². The Morgan fingerprint density at radius 1 is 0.893 bits per heavy atom. The Balaban J connectivity index is 1.68. The van der Waals surface area contributed by atoms with Crippen LogP contribution in [0.3, 0.4) is 0 Å². The van der Waals surface area contributed by atoms with E-state index in [1.54, 1.807) is 0 Å². The third kappa shape index (κ3) is 7.36. The van der Waals surface area contributed by atoms with Crippen molar-refractivity contribution in [2.45, 2.75) is 59.5 Å². The number of rotatable bonds is 8. The van der Waals surface area contributed by atoms with Gasteiger partial charge in [-0.25, -0.2) is 0 Å². The van der Waals surface area contributed by atoms with E-state index in [4.69, 9.17) is 4.74 Å². The van der Waals surface area contributed by atoms with Crippen LogP contribution in [0.15, 0.2) is 0 Å². The van der Waals surface area contributed by atoms with Crippen molar-refractivity contribution in [3.8, 4) is 0 Å². The molecule has 2 fully saturated rings. The molecule has 2 saturated heterocycles. The molecule has 162 valence electrons. The number of hydrogen-bond donors (Lipinski definition) is 0. The zero-order valence-electron chi connectivity index (χ0n) is 18.7. The second-order valence-corrected chi connectivity index (χ2v) is 9.39. The van der Waals surface area contributed by atoms with Crippen LogP contribution in [-0.4, -0.2) is 85.5 Å². The fourth-order valence-electron chi connectivity index (χ4n) is 4.59. The highest BCUT2D eigenvalue weighted by Gasteiger charge is 2.32. The molecule has 2 aliphatic heterocycles. The highest BCUT2D eigenvalue weighted by molar-refractivity contribution is 5.78. The molecule has 2 amide bonds. The van der Waals surface area contributed by atoms with Gasteiger partial charge in [-0.15, -0.1) is 0 Å². The summed E-state index contributed by atoms with van der Waals surface area (Å²) in [6, 6.07) is 0. The molecule has 0 saturated carbocycles. The van der Waals surface area contributed by atoms with Crippen LogP contribution in [0.25, 0.3) is 0 Å². The number of ether oxygens (including phenoxy) is 1. The molecule has 0 aromatic heterocycles. The zero-order valence-corrected chi connectivity index (χ0v) is 18.7. The lowest BCUT2D eigenvalue weighted by molar-refractivity contribution is -0.140. The van der Waals surface area contributed by atoms with Gasteiger partial charge in [-0.1, -0.05) is 13.8 Å². The van der Waals surface area contributed by atoms with Gasteiger partial charge in [0.1, 0.15) is 6.61 Å². The van der Waals surface area contributed by atoms with E-state index in [-0.39, 0.29) is 24.5 Å². The minimum Gasteiger partial charge on any atom is -0.369 e. The van der Waals surface area contributed by atoms with Gasteiger partial charge in [0.2, 0.25) is 11.8 Å². The molecule has 0 aromatic rings. The van der Waals surface area contributed by atoms with Gasteiger partial charge in [0, 0.05) is 32.7 Å². The van der Waals surface area contributed by atoms with E-state index in [1.165, 1.54) is 0 Å². The summed E-state index contributed by atoms with van der Waals surface area (Å²) in [5.41, 5.74) is 0. The molecule has 0 aromatic carbocycles. The Kier molecular flexibility index (Phi) is 9.22. The molecule has 6 heteroatoms. The van der Waals surface area contributed by atoms with E-state index in [2.05, 4.69) is 23.6 Å². The first-order chi connectivity index (χ1) is 13.3. The smallest absolute Gasteiger partial charge is 0.248 e. The molecule has 0 aliphatic carbocycles. The van der Waals surface area contributed by atoms with E-state index in [1.807, 2.05) is 25.8 Å². The molecular formula is C22H41N3O3. The summed E-state index contributed by atoms with van der Waals surface area (Å²) < 4.78 is 5.45. The highest BCUT2D eigenvalue weighted by Crippen LogP contribution is 2.32. The van der Waals surface area contributed by atoms with Crippen molar-refractivity contribution >= 4 is 11.8 Å². The van der Waals surface area contributed by atoms with Crippen LogP contribution in [0.2, 0.25) is 0 Å². The number of likely N-dealkylation sites (tertiary alicyclic amines) is 2. The maximum atomic E-state index is 12.5. The molecule has 0 spiro atoms. The van der Waals surface area contributed by atoms with Gasteiger partial charge in [-0.3, -0.25) is 14.5 Å². The van der Waals surface area contributed by atoms with E-state index >= 15 is 0 Å². The Labute approximate surface area is 171 Å². The topological polar surface area (TPSA) is 53.1 Å². The number of piperidine rings is 2. The second kappa shape index (κ2) is 11.1. The SMILES string of the molecule is CC(C)CN(C)CC(=O)N1CCC(C2CCN(C(=O)COC(C)C)CC2)CC1. The lowest BCUT2D eigenvalue weighted by Crippen LogP contribution is -2.46. The van der Waals surface area contributed by atoms with Gasteiger partial charge in [0.15, 0.2) is 0 Å². The molecule has 0 radical (unpaired) electrons. The second-order valence-electron chi connectivity index (χ2n) is 9.39. The van der Waals surface area contributed by atoms with E-state index in [0.29, 0.717) is 24.3 Å². The van der Waals surface area contributed by atoms with Gasteiger partial charge in [-0.05, 0) is 64.3 Å². The van der Waals surface area contributed by atoms with Crippen molar-refractivity contribution in [2.24, 2.45) is 17.8 Å². The summed E-state index contributed by atoms with van der Waals surface area (Å²) >= 11 is 0. The van der Waals surface area contributed by atoms with Crippen molar-refractivity contribution in [3.05, 3.63) is 0 Å². The van der Waals surface area contributed by atoms with Crippen LogP contribution in [-0.2, 0) is 14.3 Å². The molecule has 2 rings (SSSR count). The third-order valence-electron chi connectivity index (χ3n) is 6.07. The Morgan fingerprint density at radius 2 is 1.36 bits per heavy atom. The fourth-order valence-corrected chi connectivity index (χ4v) is 4.59. The summed E-state index contributed by atoms with van der Waals surface area (Å²) in [6.45, 7) is 13.5. The third-order valence-corrected chi connectivity index (χ3v) is 6.07. The molecule has 2 aliphatic rings. The monoisotopic (exact) mass is 395 g/mol. The minimum atomic E-state index is 0.0968. The van der Waals surface area contributed by atoms with E-state index < -0.39 is 0 Å². The van der Waals surface area contributed by atoms with Crippen molar-refractivity contribution in [1.29, 1.82) is 0 Å². The maximum Gasteiger partial charge on any atom is 0.248 e. The summed E-state index contributed by atoms with van der Waals surface area (Å²) in [6.07, 6.45) is 4.48. The van der Waals surface area contributed by atoms with Gasteiger partial charge < -0.3 is 14.5 Å². The summed E-state index contributed by atoms with van der Waals surface area (Å²) in [5.74, 6) is 2.36. The standard InChI is InChI=1S/C22H41N3O3/c1-17(2)14-23(5)15-21(26)24-10-6-19(7-11-24)20-8-12-25(13-9-20)22(27)16-28-18(3)4/h17-20H,6-16H2,1-5H3. The van der Waals surface area contributed by atoms with Gasteiger partial charge >= 0.3 is 0 Å². The van der Waals surface area contributed by atoms with Gasteiger partial charge in [0.25, 0.3) is 0 Å². The number of carbonyl (C=O) groups is 2. The van der Waals surface area contributed by atoms with Crippen LogP contribution in [0.4, 0.5) is 0 Å². The average molecular weight is 396 g/mol. The summed E-state index contributed by atoms with van der Waals surface area (Å²) in [4.78, 5) is 30.9. The molecule has 0 N–H and O–H groups in total. The first-order valence-corrected chi connectivity index (χ1v) is 11.1. The number of hydrogen-bond acceptors (Lipinski definition) is 4. The molecule has 0 atom stereocenters. The zero-order chi connectivity index (χ0) is 20.7. The number of likely N-dealkylation sites (N-methyl/N-ethyl adjacent to an activating group) is 1. The first kappa shape index (κ1) is 23.1. The van der Waals surface area contributed by atoms with Gasteiger partial charge in [0.05, 0.1) is 12.6 Å². The van der Waals surface area contributed by atoms with Crippen LogP contribution < -0.4 is 0 Å². The van der Waals surface area contributed by atoms with Crippen molar-refractivity contribution in [2.75, 3.05) is 52.9 Å². The predicted molar refractivity (Wildman–Crippen MR) is 112 cm³/mol. The fraction of sp³-hybridized carbons (Fsp3) is 0.909. The molecule has 28 heavy (non-hydrogen) atoms. The molecule has 6 nitrogen and oxygen atoms in total. The Morgan fingerprint density at radius 3 is 1.79 bits per heavy atom. The average Bonchev–Trinajstić information content (AvgIpc) is 2.65. The predicted octanol–water partition coefficient (Wildman–Crippen LogP) is 2.48. The van der Waals surface area contributed by atoms with Gasteiger partial charge in [-0.2, -0.15) is 0 Å². The van der Waals surface area contributed by atoms with Crippen LogP contribution >= 0.6 is 0 Å². The first-order valence-electron chi connectivity index (χ1n) is 11.1. The normalized spacial score (nSPS) is 19.9. The quantitative estimate of drug-likeness (QED) is 0.634. The molecular weight excluding hydrogens is 354 g/mol.